The molecule has 0 saturated heterocycles. The first-order chi connectivity index (χ1) is 14.0. The molecule has 0 aliphatic carbocycles. The molecule has 0 radical (unpaired) electrons. The Morgan fingerprint density at radius 2 is 1.41 bits per heavy atom. The van der Waals surface area contributed by atoms with Gasteiger partial charge in [-0.3, -0.25) is 9.69 Å². The normalized spacial score (nSPS) is 10.7. The van der Waals surface area contributed by atoms with E-state index in [1.807, 2.05) is 0 Å². The minimum Gasteiger partial charge on any atom is -0.493 e. The Kier molecular flexibility index (Phi) is 8.80. The number of carbonyl (C=O) groups is 1. The second kappa shape index (κ2) is 11.3. The maximum absolute atomic E-state index is 12.4. The highest BCUT2D eigenvalue weighted by Crippen LogP contribution is 2.38. The van der Waals surface area contributed by atoms with Gasteiger partial charge < -0.3 is 19.5 Å². The lowest BCUT2D eigenvalue weighted by Crippen LogP contribution is -2.24. The smallest absolute Gasteiger partial charge is 0.224 e. The highest BCUT2D eigenvalue weighted by molar-refractivity contribution is 5.79. The summed E-state index contributed by atoms with van der Waals surface area (Å²) in [5, 5.41) is 2.97. The second-order valence-corrected chi connectivity index (χ2v) is 6.76. The van der Waals surface area contributed by atoms with Gasteiger partial charge in [-0.25, -0.2) is 0 Å². The molecule has 0 aliphatic rings. The maximum Gasteiger partial charge on any atom is 0.224 e. The lowest BCUT2D eigenvalue weighted by Gasteiger charge is -2.18. The standard InChI is InChI=1S/C23H32N2O4/c1-6-25(7-2)16-18-10-8-17(9-11-18)15-24-22(26)14-19-12-20(27-3)23(29-5)21(13-19)28-4/h8-13H,6-7,14-16H2,1-5H3,(H,24,26). The number of hydrogen-bond acceptors (Lipinski definition) is 5. The van der Waals surface area contributed by atoms with Crippen LogP contribution in [0.1, 0.15) is 30.5 Å². The van der Waals surface area contributed by atoms with Crippen molar-refractivity contribution in [3.63, 3.8) is 0 Å². The topological polar surface area (TPSA) is 60.0 Å². The van der Waals surface area contributed by atoms with Gasteiger partial charge in [0.1, 0.15) is 0 Å². The molecule has 0 aromatic heterocycles. The van der Waals surface area contributed by atoms with Crippen LogP contribution in [0.25, 0.3) is 0 Å². The number of rotatable bonds is 11. The van der Waals surface area contributed by atoms with E-state index in [1.54, 1.807) is 33.5 Å². The van der Waals surface area contributed by atoms with Crippen molar-refractivity contribution in [3.05, 3.63) is 53.1 Å². The Labute approximate surface area is 173 Å². The van der Waals surface area contributed by atoms with E-state index in [0.717, 1.165) is 30.8 Å². The Morgan fingerprint density at radius 1 is 0.862 bits per heavy atom. The van der Waals surface area contributed by atoms with Gasteiger partial charge in [-0.1, -0.05) is 38.1 Å². The summed E-state index contributed by atoms with van der Waals surface area (Å²) in [6.45, 7) is 7.85. The van der Waals surface area contributed by atoms with E-state index in [4.69, 9.17) is 14.2 Å². The highest BCUT2D eigenvalue weighted by Gasteiger charge is 2.15. The first-order valence-electron chi connectivity index (χ1n) is 9.90. The van der Waals surface area contributed by atoms with Gasteiger partial charge in [0.15, 0.2) is 11.5 Å². The van der Waals surface area contributed by atoms with Crippen molar-refractivity contribution in [2.24, 2.45) is 0 Å². The van der Waals surface area contributed by atoms with Crippen LogP contribution in [-0.2, 0) is 24.3 Å². The molecule has 0 saturated carbocycles. The predicted molar refractivity (Wildman–Crippen MR) is 115 cm³/mol. The lowest BCUT2D eigenvalue weighted by molar-refractivity contribution is -0.120. The molecule has 0 atom stereocenters. The maximum atomic E-state index is 12.4. The summed E-state index contributed by atoms with van der Waals surface area (Å²) in [5.41, 5.74) is 3.15. The van der Waals surface area contributed by atoms with Crippen molar-refractivity contribution in [1.82, 2.24) is 10.2 Å². The molecule has 6 nitrogen and oxygen atoms in total. The number of carbonyl (C=O) groups excluding carboxylic acids is 1. The summed E-state index contributed by atoms with van der Waals surface area (Å²) in [7, 11) is 4.68. The van der Waals surface area contributed by atoms with E-state index >= 15 is 0 Å². The molecule has 0 bridgehead atoms. The van der Waals surface area contributed by atoms with E-state index in [2.05, 4.69) is 48.3 Å². The third-order valence-electron chi connectivity index (χ3n) is 4.90. The number of amides is 1. The van der Waals surface area contributed by atoms with Crippen molar-refractivity contribution >= 4 is 5.91 Å². The van der Waals surface area contributed by atoms with E-state index < -0.39 is 0 Å². The van der Waals surface area contributed by atoms with Gasteiger partial charge in [0.05, 0.1) is 27.8 Å². The molecular formula is C23H32N2O4. The second-order valence-electron chi connectivity index (χ2n) is 6.76. The average molecular weight is 401 g/mol. The Hall–Kier alpha value is -2.73. The molecule has 158 valence electrons. The molecule has 1 N–H and O–H groups in total. The zero-order valence-corrected chi connectivity index (χ0v) is 18.1. The van der Waals surface area contributed by atoms with Crippen molar-refractivity contribution in [2.75, 3.05) is 34.4 Å². The van der Waals surface area contributed by atoms with Crippen molar-refractivity contribution < 1.29 is 19.0 Å². The highest BCUT2D eigenvalue weighted by atomic mass is 16.5. The quantitative estimate of drug-likeness (QED) is 0.626. The summed E-state index contributed by atoms with van der Waals surface area (Å²) >= 11 is 0. The fourth-order valence-electron chi connectivity index (χ4n) is 3.15. The van der Waals surface area contributed by atoms with Gasteiger partial charge in [0.25, 0.3) is 0 Å². The van der Waals surface area contributed by atoms with Gasteiger partial charge in [0.2, 0.25) is 11.7 Å². The third-order valence-corrected chi connectivity index (χ3v) is 4.90. The first kappa shape index (κ1) is 22.6. The van der Waals surface area contributed by atoms with E-state index in [9.17, 15) is 4.79 Å². The zero-order valence-electron chi connectivity index (χ0n) is 18.1. The van der Waals surface area contributed by atoms with Crippen molar-refractivity contribution in [3.8, 4) is 17.2 Å². The van der Waals surface area contributed by atoms with Gasteiger partial charge in [-0.2, -0.15) is 0 Å². The van der Waals surface area contributed by atoms with Crippen LogP contribution in [0.2, 0.25) is 0 Å². The number of ether oxygens (including phenoxy) is 3. The van der Waals surface area contributed by atoms with E-state index in [1.165, 1.54) is 5.56 Å². The minimum absolute atomic E-state index is 0.0634. The molecule has 0 heterocycles. The molecule has 2 aromatic carbocycles. The van der Waals surface area contributed by atoms with E-state index in [0.29, 0.717) is 23.8 Å². The number of nitrogens with one attached hydrogen (secondary N) is 1. The Morgan fingerprint density at radius 3 is 1.90 bits per heavy atom. The van der Waals surface area contributed by atoms with Gasteiger partial charge in [-0.05, 0) is 41.9 Å². The summed E-state index contributed by atoms with van der Waals surface area (Å²) in [4.78, 5) is 14.8. The SMILES string of the molecule is CCN(CC)Cc1ccc(CNC(=O)Cc2cc(OC)c(OC)c(OC)c2)cc1. The molecule has 29 heavy (non-hydrogen) atoms. The van der Waals surface area contributed by atoms with Crippen LogP contribution in [0.3, 0.4) is 0 Å². The molecule has 0 unspecified atom stereocenters. The first-order valence-corrected chi connectivity index (χ1v) is 9.90. The van der Waals surface area contributed by atoms with Gasteiger partial charge >= 0.3 is 0 Å². The van der Waals surface area contributed by atoms with Gasteiger partial charge in [-0.15, -0.1) is 0 Å². The van der Waals surface area contributed by atoms with Crippen LogP contribution in [-0.4, -0.2) is 45.2 Å². The lowest BCUT2D eigenvalue weighted by atomic mass is 10.1. The predicted octanol–water partition coefficient (Wildman–Crippen LogP) is 3.41. The molecule has 2 rings (SSSR count). The fraction of sp³-hybridized carbons (Fsp3) is 0.435. The minimum atomic E-state index is -0.0634. The fourth-order valence-corrected chi connectivity index (χ4v) is 3.15. The largest absolute Gasteiger partial charge is 0.493 e. The molecule has 0 fully saturated rings. The Bertz CT molecular complexity index is 761. The van der Waals surface area contributed by atoms with Crippen LogP contribution in [0, 0.1) is 0 Å². The monoisotopic (exact) mass is 400 g/mol. The molecule has 1 amide bonds. The summed E-state index contributed by atoms with van der Waals surface area (Å²) in [5.74, 6) is 1.53. The van der Waals surface area contributed by atoms with Crippen LogP contribution >= 0.6 is 0 Å². The molecule has 6 heteroatoms. The average Bonchev–Trinajstić information content (AvgIpc) is 2.76. The summed E-state index contributed by atoms with van der Waals surface area (Å²) in [6, 6.07) is 12.0. The van der Waals surface area contributed by atoms with Crippen LogP contribution in [0.5, 0.6) is 17.2 Å². The number of methoxy groups -OCH3 is 3. The summed E-state index contributed by atoms with van der Waals surface area (Å²) < 4.78 is 16.0. The van der Waals surface area contributed by atoms with E-state index in [-0.39, 0.29) is 12.3 Å². The Balaban J connectivity index is 1.94. The molecular weight excluding hydrogens is 368 g/mol. The number of hydrogen-bond donors (Lipinski definition) is 1. The molecule has 2 aromatic rings. The van der Waals surface area contributed by atoms with Crippen LogP contribution in [0.4, 0.5) is 0 Å². The van der Waals surface area contributed by atoms with Crippen molar-refractivity contribution in [2.45, 2.75) is 33.4 Å². The van der Waals surface area contributed by atoms with Crippen molar-refractivity contribution in [1.29, 1.82) is 0 Å². The van der Waals surface area contributed by atoms with Crippen LogP contribution in [0.15, 0.2) is 36.4 Å². The number of benzene rings is 2. The summed E-state index contributed by atoms with van der Waals surface area (Å²) in [6.07, 6.45) is 0.233. The molecule has 0 spiro atoms. The zero-order chi connectivity index (χ0) is 21.2. The number of nitrogens with zero attached hydrogens (tertiary/aromatic N) is 1. The third kappa shape index (κ3) is 6.39. The molecule has 0 aliphatic heterocycles. The van der Waals surface area contributed by atoms with Crippen LogP contribution < -0.4 is 19.5 Å². The van der Waals surface area contributed by atoms with Gasteiger partial charge in [0, 0.05) is 13.1 Å².